The molecule has 0 spiro atoms. The van der Waals surface area contributed by atoms with Crippen molar-refractivity contribution in [3.63, 3.8) is 0 Å². The van der Waals surface area contributed by atoms with Gasteiger partial charge in [-0.1, -0.05) is 12.1 Å². The summed E-state index contributed by atoms with van der Waals surface area (Å²) in [7, 11) is 0. The standard InChI is InChI=1S/C15H17FN4O/c1-3-20(4-2)15-17-10-9-13(19-15)14(21)18-12-8-6-5-7-11(12)16/h5-10H,3-4H2,1-2H3,(H,18,21). The Morgan fingerprint density at radius 2 is 1.95 bits per heavy atom. The van der Waals surface area contributed by atoms with Gasteiger partial charge in [-0.3, -0.25) is 4.79 Å². The lowest BCUT2D eigenvalue weighted by Gasteiger charge is -2.18. The Bertz CT molecular complexity index is 629. The summed E-state index contributed by atoms with van der Waals surface area (Å²) < 4.78 is 13.5. The maximum Gasteiger partial charge on any atom is 0.274 e. The highest BCUT2D eigenvalue weighted by Gasteiger charge is 2.13. The first-order valence-corrected chi connectivity index (χ1v) is 6.79. The van der Waals surface area contributed by atoms with Crippen molar-refractivity contribution >= 4 is 17.5 Å². The van der Waals surface area contributed by atoms with Gasteiger partial charge in [-0.25, -0.2) is 14.4 Å². The molecule has 0 bridgehead atoms. The van der Waals surface area contributed by atoms with E-state index in [1.807, 2.05) is 18.7 Å². The third-order valence-electron chi connectivity index (χ3n) is 3.04. The van der Waals surface area contributed by atoms with E-state index in [0.717, 1.165) is 13.1 Å². The van der Waals surface area contributed by atoms with E-state index in [4.69, 9.17) is 0 Å². The van der Waals surface area contributed by atoms with E-state index in [-0.39, 0.29) is 11.4 Å². The van der Waals surface area contributed by atoms with Gasteiger partial charge in [0.2, 0.25) is 5.95 Å². The molecule has 110 valence electrons. The van der Waals surface area contributed by atoms with Gasteiger partial charge in [0.15, 0.2) is 0 Å². The molecule has 5 nitrogen and oxygen atoms in total. The van der Waals surface area contributed by atoms with Gasteiger partial charge in [-0.15, -0.1) is 0 Å². The predicted molar refractivity (Wildman–Crippen MR) is 79.9 cm³/mol. The summed E-state index contributed by atoms with van der Waals surface area (Å²) in [6.07, 6.45) is 1.52. The summed E-state index contributed by atoms with van der Waals surface area (Å²) in [4.78, 5) is 22.4. The Morgan fingerprint density at radius 1 is 1.24 bits per heavy atom. The fourth-order valence-electron chi connectivity index (χ4n) is 1.88. The van der Waals surface area contributed by atoms with Gasteiger partial charge in [0, 0.05) is 19.3 Å². The van der Waals surface area contributed by atoms with E-state index in [2.05, 4.69) is 15.3 Å². The number of amides is 1. The van der Waals surface area contributed by atoms with Crippen LogP contribution in [0.3, 0.4) is 0 Å². The molecule has 1 amide bonds. The molecule has 0 aliphatic rings. The number of carbonyl (C=O) groups is 1. The third kappa shape index (κ3) is 3.53. The summed E-state index contributed by atoms with van der Waals surface area (Å²) in [5.41, 5.74) is 0.334. The first-order valence-electron chi connectivity index (χ1n) is 6.79. The van der Waals surface area contributed by atoms with E-state index in [1.165, 1.54) is 24.4 Å². The van der Waals surface area contributed by atoms with Crippen molar-refractivity contribution in [3.05, 3.63) is 48.0 Å². The zero-order valence-corrected chi connectivity index (χ0v) is 12.0. The molecule has 0 saturated heterocycles. The molecule has 0 atom stereocenters. The lowest BCUT2D eigenvalue weighted by atomic mass is 10.3. The van der Waals surface area contributed by atoms with Gasteiger partial charge < -0.3 is 10.2 Å². The van der Waals surface area contributed by atoms with Crippen LogP contribution in [0.5, 0.6) is 0 Å². The molecular weight excluding hydrogens is 271 g/mol. The summed E-state index contributed by atoms with van der Waals surface area (Å²) >= 11 is 0. The Hall–Kier alpha value is -2.50. The van der Waals surface area contributed by atoms with Crippen molar-refractivity contribution in [2.75, 3.05) is 23.3 Å². The number of hydrogen-bond acceptors (Lipinski definition) is 4. The van der Waals surface area contributed by atoms with E-state index in [1.54, 1.807) is 12.1 Å². The molecule has 1 aromatic carbocycles. The number of carbonyl (C=O) groups excluding carboxylic acids is 1. The van der Waals surface area contributed by atoms with E-state index >= 15 is 0 Å². The molecule has 2 aromatic rings. The topological polar surface area (TPSA) is 58.1 Å². The van der Waals surface area contributed by atoms with Crippen molar-refractivity contribution in [1.82, 2.24) is 9.97 Å². The maximum absolute atomic E-state index is 13.5. The highest BCUT2D eigenvalue weighted by molar-refractivity contribution is 6.03. The second-order valence-corrected chi connectivity index (χ2v) is 4.35. The Kier molecular flexibility index (Phi) is 4.81. The van der Waals surface area contributed by atoms with Gasteiger partial charge in [-0.05, 0) is 32.0 Å². The summed E-state index contributed by atoms with van der Waals surface area (Å²) in [5, 5.41) is 2.51. The average molecular weight is 288 g/mol. The van der Waals surface area contributed by atoms with Crippen LogP contribution in [0.25, 0.3) is 0 Å². The predicted octanol–water partition coefficient (Wildman–Crippen LogP) is 2.71. The smallest absolute Gasteiger partial charge is 0.274 e. The van der Waals surface area contributed by atoms with Crippen LogP contribution in [0.2, 0.25) is 0 Å². The Labute approximate surface area is 122 Å². The largest absolute Gasteiger partial charge is 0.341 e. The molecule has 2 rings (SSSR count). The molecule has 0 saturated carbocycles. The summed E-state index contributed by atoms with van der Waals surface area (Å²) in [6.45, 7) is 5.46. The molecule has 1 heterocycles. The maximum atomic E-state index is 13.5. The zero-order valence-electron chi connectivity index (χ0n) is 12.0. The number of aromatic nitrogens is 2. The van der Waals surface area contributed by atoms with Gasteiger partial charge in [0.05, 0.1) is 5.69 Å². The second kappa shape index (κ2) is 6.78. The van der Waals surface area contributed by atoms with Crippen LogP contribution >= 0.6 is 0 Å². The lowest BCUT2D eigenvalue weighted by Crippen LogP contribution is -2.25. The molecular formula is C15H17FN4O. The number of para-hydroxylation sites is 1. The molecule has 1 N–H and O–H groups in total. The van der Waals surface area contributed by atoms with Crippen LogP contribution in [0.15, 0.2) is 36.5 Å². The van der Waals surface area contributed by atoms with E-state index in [0.29, 0.717) is 5.95 Å². The van der Waals surface area contributed by atoms with Gasteiger partial charge >= 0.3 is 0 Å². The highest BCUT2D eigenvalue weighted by Crippen LogP contribution is 2.14. The minimum absolute atomic E-state index is 0.130. The van der Waals surface area contributed by atoms with Gasteiger partial charge in [0.25, 0.3) is 5.91 Å². The van der Waals surface area contributed by atoms with Gasteiger partial charge in [-0.2, -0.15) is 0 Å². The molecule has 0 fully saturated rings. The van der Waals surface area contributed by atoms with Crippen molar-refractivity contribution in [1.29, 1.82) is 0 Å². The molecule has 0 radical (unpaired) electrons. The van der Waals surface area contributed by atoms with E-state index < -0.39 is 11.7 Å². The Balaban J connectivity index is 2.20. The Morgan fingerprint density at radius 3 is 2.62 bits per heavy atom. The molecule has 1 aromatic heterocycles. The summed E-state index contributed by atoms with van der Waals surface area (Å²) in [5.74, 6) is -0.457. The van der Waals surface area contributed by atoms with Crippen LogP contribution < -0.4 is 10.2 Å². The van der Waals surface area contributed by atoms with Crippen LogP contribution in [0.1, 0.15) is 24.3 Å². The number of hydrogen-bond donors (Lipinski definition) is 1. The SMILES string of the molecule is CCN(CC)c1nccc(C(=O)Nc2ccccc2F)n1. The first kappa shape index (κ1) is 14.9. The van der Waals surface area contributed by atoms with Crippen molar-refractivity contribution < 1.29 is 9.18 Å². The molecule has 6 heteroatoms. The highest BCUT2D eigenvalue weighted by atomic mass is 19.1. The monoisotopic (exact) mass is 288 g/mol. The summed E-state index contributed by atoms with van der Waals surface area (Å²) in [6, 6.07) is 7.51. The minimum atomic E-state index is -0.483. The quantitative estimate of drug-likeness (QED) is 0.919. The fourth-order valence-corrected chi connectivity index (χ4v) is 1.88. The average Bonchev–Trinajstić information content (AvgIpc) is 2.51. The number of rotatable bonds is 5. The lowest BCUT2D eigenvalue weighted by molar-refractivity contribution is 0.102. The zero-order chi connectivity index (χ0) is 15.2. The molecule has 21 heavy (non-hydrogen) atoms. The van der Waals surface area contributed by atoms with Crippen molar-refractivity contribution in [3.8, 4) is 0 Å². The number of nitrogens with one attached hydrogen (secondary N) is 1. The molecule has 0 aliphatic carbocycles. The fraction of sp³-hybridized carbons (Fsp3) is 0.267. The van der Waals surface area contributed by atoms with Crippen LogP contribution in [0, 0.1) is 5.82 Å². The number of anilines is 2. The van der Waals surface area contributed by atoms with Crippen LogP contribution in [-0.4, -0.2) is 29.0 Å². The third-order valence-corrected chi connectivity index (χ3v) is 3.04. The number of halogens is 1. The second-order valence-electron chi connectivity index (χ2n) is 4.35. The number of nitrogens with zero attached hydrogens (tertiary/aromatic N) is 3. The molecule has 0 unspecified atom stereocenters. The van der Waals surface area contributed by atoms with Crippen LogP contribution in [0.4, 0.5) is 16.0 Å². The first-order chi connectivity index (χ1) is 10.2. The van der Waals surface area contributed by atoms with E-state index in [9.17, 15) is 9.18 Å². The molecule has 0 aliphatic heterocycles. The number of benzene rings is 1. The van der Waals surface area contributed by atoms with Gasteiger partial charge in [0.1, 0.15) is 11.5 Å². The van der Waals surface area contributed by atoms with Crippen molar-refractivity contribution in [2.45, 2.75) is 13.8 Å². The van der Waals surface area contributed by atoms with Crippen molar-refractivity contribution in [2.24, 2.45) is 0 Å². The van der Waals surface area contributed by atoms with Crippen LogP contribution in [-0.2, 0) is 0 Å². The normalized spacial score (nSPS) is 10.2. The minimum Gasteiger partial charge on any atom is -0.341 e.